The SMILES string of the molecule is Cn1cc(C2=C(c3cn4c5c(cccc35)CCC4CCO)C(=O)NC2=O)c2ccccc21. The predicted octanol–water partition coefficient (Wildman–Crippen LogP) is 3.57. The van der Waals surface area contributed by atoms with Gasteiger partial charge in [-0.05, 0) is 30.9 Å². The second kappa shape index (κ2) is 6.93. The number of carbonyl (C=O) groups is 2. The number of fused-ring (bicyclic) bond motifs is 1. The molecule has 6 rings (SSSR count). The molecule has 0 radical (unpaired) electrons. The van der Waals surface area contributed by atoms with Gasteiger partial charge in [0.25, 0.3) is 11.8 Å². The summed E-state index contributed by atoms with van der Waals surface area (Å²) in [6.45, 7) is 0.116. The van der Waals surface area contributed by atoms with Gasteiger partial charge in [0.15, 0.2) is 0 Å². The van der Waals surface area contributed by atoms with Gasteiger partial charge < -0.3 is 14.2 Å². The summed E-state index contributed by atoms with van der Waals surface area (Å²) in [7, 11) is 1.95. The van der Waals surface area contributed by atoms with Gasteiger partial charge in [-0.15, -0.1) is 0 Å². The fraction of sp³-hybridized carbons (Fsp3) is 0.231. The topological polar surface area (TPSA) is 76.3 Å². The number of hydrogen-bond acceptors (Lipinski definition) is 3. The van der Waals surface area contributed by atoms with E-state index in [1.807, 2.05) is 60.4 Å². The molecule has 0 aliphatic carbocycles. The first-order chi connectivity index (χ1) is 15.6. The van der Waals surface area contributed by atoms with Gasteiger partial charge in [0.1, 0.15) is 0 Å². The molecular formula is C26H23N3O3. The molecule has 2 aliphatic heterocycles. The lowest BCUT2D eigenvalue weighted by Gasteiger charge is -2.25. The van der Waals surface area contributed by atoms with Crippen LogP contribution >= 0.6 is 0 Å². The minimum absolute atomic E-state index is 0.116. The number of carbonyl (C=O) groups excluding carboxylic acids is 2. The zero-order chi connectivity index (χ0) is 22.0. The van der Waals surface area contributed by atoms with Crippen LogP contribution in [0.2, 0.25) is 0 Å². The van der Waals surface area contributed by atoms with Gasteiger partial charge in [-0.25, -0.2) is 0 Å². The first-order valence-electron chi connectivity index (χ1n) is 11.0. The number of aliphatic hydroxyl groups excluding tert-OH is 1. The summed E-state index contributed by atoms with van der Waals surface area (Å²) >= 11 is 0. The molecule has 0 bridgehead atoms. The number of amides is 2. The van der Waals surface area contributed by atoms with Crippen molar-refractivity contribution in [3.8, 4) is 0 Å². The lowest BCUT2D eigenvalue weighted by molar-refractivity contribution is -0.122. The standard InChI is InChI=1S/C26H23N3O3/c1-28-13-19(17-6-2-3-8-21(17)28)22-23(26(32)27-25(22)31)20-14-29-16(11-12-30)10-9-15-5-4-7-18(20)24(15)29/h2-8,13-14,16,30H,9-12H2,1H3,(H,27,31,32). The van der Waals surface area contributed by atoms with Gasteiger partial charge in [0, 0.05) is 59.5 Å². The molecule has 0 fully saturated rings. The van der Waals surface area contributed by atoms with Crippen molar-refractivity contribution in [3.05, 3.63) is 71.5 Å². The number of aryl methyl sites for hydroxylation is 2. The molecule has 2 aliphatic rings. The summed E-state index contributed by atoms with van der Waals surface area (Å²) in [5.41, 5.74) is 5.74. The number of benzene rings is 2. The average molecular weight is 425 g/mol. The summed E-state index contributed by atoms with van der Waals surface area (Å²) in [4.78, 5) is 26.2. The average Bonchev–Trinajstić information content (AvgIpc) is 3.42. The van der Waals surface area contributed by atoms with Gasteiger partial charge in [-0.3, -0.25) is 14.9 Å². The van der Waals surface area contributed by atoms with Crippen LogP contribution in [0.3, 0.4) is 0 Å². The first-order valence-corrected chi connectivity index (χ1v) is 11.0. The van der Waals surface area contributed by atoms with E-state index in [-0.39, 0.29) is 24.5 Å². The molecule has 32 heavy (non-hydrogen) atoms. The number of aromatic nitrogens is 2. The maximum atomic E-state index is 13.1. The zero-order valence-electron chi connectivity index (χ0n) is 17.8. The third-order valence-electron chi connectivity index (χ3n) is 6.91. The van der Waals surface area contributed by atoms with Crippen LogP contribution in [-0.2, 0) is 23.1 Å². The van der Waals surface area contributed by atoms with E-state index in [4.69, 9.17) is 0 Å². The van der Waals surface area contributed by atoms with Crippen molar-refractivity contribution in [3.63, 3.8) is 0 Å². The van der Waals surface area contributed by atoms with Gasteiger partial charge in [-0.2, -0.15) is 0 Å². The number of nitrogens with one attached hydrogen (secondary N) is 1. The Balaban J connectivity index is 1.67. The molecule has 1 atom stereocenters. The van der Waals surface area contributed by atoms with E-state index in [2.05, 4.69) is 16.0 Å². The smallest absolute Gasteiger partial charge is 0.259 e. The molecule has 6 nitrogen and oxygen atoms in total. The summed E-state index contributed by atoms with van der Waals surface area (Å²) in [5, 5.41) is 14.0. The monoisotopic (exact) mass is 425 g/mol. The normalized spacial score (nSPS) is 18.2. The number of para-hydroxylation sites is 2. The van der Waals surface area contributed by atoms with Crippen molar-refractivity contribution >= 4 is 44.8 Å². The zero-order valence-corrected chi connectivity index (χ0v) is 17.8. The van der Waals surface area contributed by atoms with Crippen molar-refractivity contribution in [2.45, 2.75) is 25.3 Å². The maximum Gasteiger partial charge on any atom is 0.259 e. The Bertz CT molecular complexity index is 1470. The highest BCUT2D eigenvalue weighted by atomic mass is 16.3. The number of aliphatic hydroxyl groups is 1. The van der Waals surface area contributed by atoms with Crippen molar-refractivity contribution in [2.75, 3.05) is 6.61 Å². The molecule has 4 heterocycles. The summed E-state index contributed by atoms with van der Waals surface area (Å²) in [5.74, 6) is -0.722. The third kappa shape index (κ3) is 2.56. The minimum Gasteiger partial charge on any atom is -0.396 e. The van der Waals surface area contributed by atoms with Crippen LogP contribution in [0, 0.1) is 0 Å². The van der Waals surface area contributed by atoms with E-state index >= 15 is 0 Å². The molecular weight excluding hydrogens is 402 g/mol. The van der Waals surface area contributed by atoms with Gasteiger partial charge in [0.2, 0.25) is 0 Å². The van der Waals surface area contributed by atoms with Crippen LogP contribution in [-0.4, -0.2) is 32.7 Å². The summed E-state index contributed by atoms with van der Waals surface area (Å²) in [6.07, 6.45) is 6.48. The van der Waals surface area contributed by atoms with Crippen LogP contribution in [0.1, 0.15) is 35.6 Å². The highest BCUT2D eigenvalue weighted by molar-refractivity contribution is 6.50. The van der Waals surface area contributed by atoms with Crippen LogP contribution in [0.25, 0.3) is 33.0 Å². The Morgan fingerprint density at radius 3 is 2.47 bits per heavy atom. The molecule has 0 saturated heterocycles. The fourth-order valence-electron chi connectivity index (χ4n) is 5.48. The van der Waals surface area contributed by atoms with E-state index in [9.17, 15) is 14.7 Å². The lowest BCUT2D eigenvalue weighted by atomic mass is 9.94. The van der Waals surface area contributed by atoms with E-state index < -0.39 is 0 Å². The largest absolute Gasteiger partial charge is 0.396 e. The summed E-state index contributed by atoms with van der Waals surface area (Å²) < 4.78 is 4.18. The molecule has 0 saturated carbocycles. The molecule has 2 aromatic heterocycles. The first kappa shape index (κ1) is 19.1. The number of imide groups is 1. The van der Waals surface area contributed by atoms with E-state index in [0.29, 0.717) is 17.6 Å². The van der Waals surface area contributed by atoms with E-state index in [0.717, 1.165) is 45.8 Å². The van der Waals surface area contributed by atoms with Crippen LogP contribution in [0.15, 0.2) is 54.9 Å². The fourth-order valence-corrected chi connectivity index (χ4v) is 5.48. The second-order valence-corrected chi connectivity index (χ2v) is 8.67. The van der Waals surface area contributed by atoms with Gasteiger partial charge in [-0.1, -0.05) is 36.4 Å². The van der Waals surface area contributed by atoms with Crippen molar-refractivity contribution in [1.29, 1.82) is 0 Å². The van der Waals surface area contributed by atoms with Crippen LogP contribution in [0.5, 0.6) is 0 Å². The van der Waals surface area contributed by atoms with Crippen molar-refractivity contribution in [1.82, 2.24) is 14.5 Å². The Morgan fingerprint density at radius 2 is 1.69 bits per heavy atom. The molecule has 2 aromatic carbocycles. The Morgan fingerprint density at radius 1 is 0.969 bits per heavy atom. The Hall–Kier alpha value is -3.64. The van der Waals surface area contributed by atoms with Crippen molar-refractivity contribution in [2.24, 2.45) is 7.05 Å². The number of rotatable bonds is 4. The highest BCUT2D eigenvalue weighted by Gasteiger charge is 2.36. The molecule has 1 unspecified atom stereocenters. The van der Waals surface area contributed by atoms with Crippen LogP contribution in [0.4, 0.5) is 0 Å². The Kier molecular flexibility index (Phi) is 4.13. The molecule has 6 heteroatoms. The van der Waals surface area contributed by atoms with Gasteiger partial charge in [0.05, 0.1) is 16.7 Å². The van der Waals surface area contributed by atoms with Crippen LogP contribution < -0.4 is 5.32 Å². The van der Waals surface area contributed by atoms with E-state index in [1.165, 1.54) is 5.56 Å². The third-order valence-corrected chi connectivity index (χ3v) is 6.91. The molecule has 2 N–H and O–H groups in total. The van der Waals surface area contributed by atoms with Gasteiger partial charge >= 0.3 is 0 Å². The lowest BCUT2D eigenvalue weighted by Crippen LogP contribution is -2.22. The maximum absolute atomic E-state index is 13.1. The molecule has 160 valence electrons. The highest BCUT2D eigenvalue weighted by Crippen LogP contribution is 2.42. The Labute approximate surface area is 184 Å². The van der Waals surface area contributed by atoms with E-state index in [1.54, 1.807) is 0 Å². The molecule has 4 aromatic rings. The second-order valence-electron chi connectivity index (χ2n) is 8.67. The van der Waals surface area contributed by atoms with Crippen molar-refractivity contribution < 1.29 is 14.7 Å². The quantitative estimate of drug-likeness (QED) is 0.491. The number of nitrogens with zero attached hydrogens (tertiary/aromatic N) is 2. The predicted molar refractivity (Wildman–Crippen MR) is 124 cm³/mol. The summed E-state index contributed by atoms with van der Waals surface area (Å²) in [6, 6.07) is 14.2. The molecule has 2 amide bonds. The minimum atomic E-state index is -0.361. The molecule has 0 spiro atoms. The number of hydrogen-bond donors (Lipinski definition) is 2.